The Morgan fingerprint density at radius 2 is 2.16 bits per heavy atom. The Bertz CT molecular complexity index is 759. The number of para-hydroxylation sites is 1. The van der Waals surface area contributed by atoms with E-state index in [-0.39, 0.29) is 11.0 Å². The van der Waals surface area contributed by atoms with Gasteiger partial charge in [-0.15, -0.1) is 0 Å². The van der Waals surface area contributed by atoms with Crippen molar-refractivity contribution in [2.75, 3.05) is 13.4 Å². The Labute approximate surface area is 117 Å². The van der Waals surface area contributed by atoms with Crippen molar-refractivity contribution in [2.45, 2.75) is 24.5 Å². The van der Waals surface area contributed by atoms with E-state index in [9.17, 15) is 8.42 Å². The first kappa shape index (κ1) is 14.2. The zero-order valence-corrected chi connectivity index (χ0v) is 12.6. The highest BCUT2D eigenvalue weighted by atomic mass is 32.2. The predicted molar refractivity (Wildman–Crippen MR) is 76.7 cm³/mol. The number of rotatable bonds is 4. The molecule has 2 aromatic rings. The minimum atomic E-state index is -3.29. The number of H-pyrrole nitrogens is 1. The number of hydrogen-bond acceptors (Lipinski definition) is 4. The smallest absolute Gasteiger partial charge is 0.178 e. The lowest BCUT2D eigenvalue weighted by molar-refractivity contribution is 0.104. The van der Waals surface area contributed by atoms with E-state index in [1.165, 1.54) is 6.26 Å². The average molecular weight is 300 g/mol. The van der Waals surface area contributed by atoms with Gasteiger partial charge in [0.1, 0.15) is 0 Å². The van der Waals surface area contributed by atoms with E-state index in [2.05, 4.69) is 4.98 Å². The molecule has 7 heteroatoms. The topological polar surface area (TPSA) is 64.1 Å². The molecule has 0 amide bonds. The van der Waals surface area contributed by atoms with Gasteiger partial charge < -0.3 is 14.3 Å². The molecule has 1 atom stereocenters. The number of methoxy groups -OCH3 is 1. The van der Waals surface area contributed by atoms with Gasteiger partial charge in [0.05, 0.1) is 28.6 Å². The van der Waals surface area contributed by atoms with Crippen molar-refractivity contribution in [3.05, 3.63) is 23.0 Å². The fourth-order valence-electron chi connectivity index (χ4n) is 1.98. The zero-order valence-electron chi connectivity index (χ0n) is 11.0. The van der Waals surface area contributed by atoms with Gasteiger partial charge in [0.15, 0.2) is 14.6 Å². The van der Waals surface area contributed by atoms with Crippen molar-refractivity contribution in [1.82, 2.24) is 9.55 Å². The molecule has 0 radical (unpaired) electrons. The maximum absolute atomic E-state index is 11.8. The zero-order chi connectivity index (χ0) is 14.2. The molecule has 0 spiro atoms. The van der Waals surface area contributed by atoms with Crippen molar-refractivity contribution in [2.24, 2.45) is 0 Å². The van der Waals surface area contributed by atoms with Crippen LogP contribution in [0, 0.1) is 4.77 Å². The van der Waals surface area contributed by atoms with Crippen molar-refractivity contribution in [3.8, 4) is 0 Å². The van der Waals surface area contributed by atoms with Crippen LogP contribution < -0.4 is 0 Å². The molecule has 0 aliphatic heterocycles. The highest BCUT2D eigenvalue weighted by Gasteiger charge is 2.16. The molecule has 104 valence electrons. The molecule has 0 fully saturated rings. The number of sulfone groups is 1. The summed E-state index contributed by atoms with van der Waals surface area (Å²) in [5, 5.41) is 0. The van der Waals surface area contributed by atoms with Crippen LogP contribution in [0.15, 0.2) is 23.1 Å². The van der Waals surface area contributed by atoms with Crippen LogP contribution in [0.25, 0.3) is 11.0 Å². The Morgan fingerprint density at radius 1 is 1.47 bits per heavy atom. The fourth-order valence-corrected chi connectivity index (χ4v) is 3.10. The molecular weight excluding hydrogens is 284 g/mol. The Balaban J connectivity index is 2.70. The molecule has 0 saturated carbocycles. The van der Waals surface area contributed by atoms with Crippen molar-refractivity contribution >= 4 is 33.1 Å². The van der Waals surface area contributed by atoms with E-state index < -0.39 is 9.84 Å². The quantitative estimate of drug-likeness (QED) is 0.879. The number of aromatic amines is 1. The van der Waals surface area contributed by atoms with Crippen LogP contribution in [0.3, 0.4) is 0 Å². The summed E-state index contributed by atoms with van der Waals surface area (Å²) < 4.78 is 31.1. The van der Waals surface area contributed by atoms with Gasteiger partial charge >= 0.3 is 0 Å². The first-order valence-electron chi connectivity index (χ1n) is 5.79. The summed E-state index contributed by atoms with van der Waals surface area (Å²) in [6, 6.07) is 5.14. The highest BCUT2D eigenvalue weighted by Crippen LogP contribution is 2.22. The maximum atomic E-state index is 11.8. The number of imidazole rings is 1. The van der Waals surface area contributed by atoms with Crippen molar-refractivity contribution in [1.29, 1.82) is 0 Å². The van der Waals surface area contributed by atoms with Gasteiger partial charge in [0.25, 0.3) is 0 Å². The lowest BCUT2D eigenvalue weighted by Crippen LogP contribution is -2.14. The number of aromatic nitrogens is 2. The molecule has 1 aromatic carbocycles. The predicted octanol–water partition coefficient (Wildman–Crippen LogP) is 2.14. The summed E-state index contributed by atoms with van der Waals surface area (Å²) in [7, 11) is -1.66. The molecule has 0 bridgehead atoms. The monoisotopic (exact) mass is 300 g/mol. The average Bonchev–Trinajstić information content (AvgIpc) is 2.64. The first-order chi connectivity index (χ1) is 8.84. The van der Waals surface area contributed by atoms with Gasteiger partial charge in [-0.1, -0.05) is 6.07 Å². The molecule has 1 N–H and O–H groups in total. The van der Waals surface area contributed by atoms with Crippen LogP contribution >= 0.6 is 12.2 Å². The lowest BCUT2D eigenvalue weighted by atomic mass is 10.3. The largest absolute Gasteiger partial charge is 0.380 e. The van der Waals surface area contributed by atoms with Gasteiger partial charge in [-0.05, 0) is 31.3 Å². The van der Waals surface area contributed by atoms with Gasteiger partial charge in [-0.3, -0.25) is 0 Å². The third-order valence-electron chi connectivity index (χ3n) is 3.01. The van der Waals surface area contributed by atoms with Crippen LogP contribution in [0.2, 0.25) is 0 Å². The number of nitrogens with one attached hydrogen (secondary N) is 1. The van der Waals surface area contributed by atoms with Gasteiger partial charge in [-0.2, -0.15) is 0 Å². The summed E-state index contributed by atoms with van der Waals surface area (Å²) in [6.45, 7) is 2.50. The Hall–Kier alpha value is -1.18. The van der Waals surface area contributed by atoms with Gasteiger partial charge in [-0.25, -0.2) is 8.42 Å². The normalized spacial score (nSPS) is 13.8. The van der Waals surface area contributed by atoms with Crippen LogP contribution in [-0.2, 0) is 21.1 Å². The molecule has 5 nitrogen and oxygen atoms in total. The summed E-state index contributed by atoms with van der Waals surface area (Å²) in [4.78, 5) is 3.24. The summed E-state index contributed by atoms with van der Waals surface area (Å²) in [6.07, 6.45) is 1.18. The van der Waals surface area contributed by atoms with E-state index in [4.69, 9.17) is 17.0 Å². The highest BCUT2D eigenvalue weighted by molar-refractivity contribution is 7.91. The second-order valence-corrected chi connectivity index (χ2v) is 6.88. The van der Waals surface area contributed by atoms with E-state index in [1.54, 1.807) is 19.2 Å². The maximum Gasteiger partial charge on any atom is 0.178 e. The third-order valence-corrected chi connectivity index (χ3v) is 4.48. The Kier molecular flexibility index (Phi) is 3.80. The number of benzene rings is 1. The summed E-state index contributed by atoms with van der Waals surface area (Å²) in [5.41, 5.74) is 1.33. The minimum absolute atomic E-state index is 0.00686. The lowest BCUT2D eigenvalue weighted by Gasteiger charge is -2.11. The standard InChI is InChI=1S/C12H16N2O3S2/c1-8(17-2)7-14-9-5-4-6-10(19(3,15)16)11(9)13-12(14)18/h4-6,8H,7H2,1-3H3,(H,13,18). The molecule has 0 aliphatic rings. The number of nitrogens with zero attached hydrogens (tertiary/aromatic N) is 1. The van der Waals surface area contributed by atoms with E-state index in [0.717, 1.165) is 5.52 Å². The molecule has 2 rings (SSSR count). The van der Waals surface area contributed by atoms with Crippen LogP contribution in [0.1, 0.15) is 6.92 Å². The molecule has 0 aliphatic carbocycles. The van der Waals surface area contributed by atoms with Gasteiger partial charge in [0, 0.05) is 13.4 Å². The second kappa shape index (κ2) is 5.07. The molecule has 1 heterocycles. The third kappa shape index (κ3) is 2.72. The van der Waals surface area contributed by atoms with Crippen LogP contribution in [0.4, 0.5) is 0 Å². The number of fused-ring (bicyclic) bond motifs is 1. The van der Waals surface area contributed by atoms with Crippen LogP contribution in [-0.4, -0.2) is 37.4 Å². The molecule has 1 unspecified atom stereocenters. The molecule has 0 saturated heterocycles. The van der Waals surface area contributed by atoms with Gasteiger partial charge in [0.2, 0.25) is 0 Å². The second-order valence-electron chi connectivity index (χ2n) is 4.51. The number of ether oxygens (including phenoxy) is 1. The number of hydrogen-bond donors (Lipinski definition) is 1. The SMILES string of the molecule is COC(C)Cn1c(=S)[nH]c2c(S(C)(=O)=O)cccc21. The first-order valence-corrected chi connectivity index (χ1v) is 8.09. The van der Waals surface area contributed by atoms with E-state index in [1.807, 2.05) is 17.6 Å². The summed E-state index contributed by atoms with van der Waals surface area (Å²) in [5.74, 6) is 0. The van der Waals surface area contributed by atoms with E-state index >= 15 is 0 Å². The van der Waals surface area contributed by atoms with Crippen molar-refractivity contribution in [3.63, 3.8) is 0 Å². The van der Waals surface area contributed by atoms with Crippen LogP contribution in [0.5, 0.6) is 0 Å². The minimum Gasteiger partial charge on any atom is -0.380 e. The summed E-state index contributed by atoms with van der Waals surface area (Å²) >= 11 is 5.26. The molecule has 19 heavy (non-hydrogen) atoms. The Morgan fingerprint density at radius 3 is 2.74 bits per heavy atom. The van der Waals surface area contributed by atoms with E-state index in [0.29, 0.717) is 16.8 Å². The van der Waals surface area contributed by atoms with Crippen molar-refractivity contribution < 1.29 is 13.2 Å². The fraction of sp³-hybridized carbons (Fsp3) is 0.417. The molecular formula is C12H16N2O3S2. The molecule has 1 aromatic heterocycles.